The Morgan fingerprint density at radius 2 is 1.83 bits per heavy atom. The molecule has 0 radical (unpaired) electrons. The fraction of sp³-hybridized carbons (Fsp3) is 0.857. The average Bonchev–Trinajstić information content (AvgIpc) is 1.82. The van der Waals surface area contributed by atoms with E-state index in [4.69, 9.17) is 10.0 Å². The molecule has 0 saturated carbocycles. The fourth-order valence-electron chi connectivity index (χ4n) is 0.900. The number of nitrogens with zero attached hydrogens (tertiary/aromatic N) is 1. The van der Waals surface area contributed by atoms with E-state index in [-0.39, 0.29) is 12.4 Å². The zero-order valence-corrected chi connectivity index (χ0v) is 8.03. The summed E-state index contributed by atoms with van der Waals surface area (Å²) in [6, 6.07) is 0. The van der Waals surface area contributed by atoms with Crippen LogP contribution >= 0.6 is 0 Å². The summed E-state index contributed by atoms with van der Waals surface area (Å²) in [5.74, 6) is -0.101. The average molecular weight is 173 g/mol. The molecule has 5 heteroatoms. The van der Waals surface area contributed by atoms with E-state index < -0.39 is 12.5 Å². The summed E-state index contributed by atoms with van der Waals surface area (Å²) >= 11 is 0. The summed E-state index contributed by atoms with van der Waals surface area (Å²) in [4.78, 5) is 12.7. The highest BCUT2D eigenvalue weighted by atomic mass is 16.4. The number of hydrogen-bond acceptors (Lipinski definition) is 3. The molecule has 0 fully saturated rings. The van der Waals surface area contributed by atoms with Crippen molar-refractivity contribution in [1.82, 2.24) is 4.90 Å². The van der Waals surface area contributed by atoms with Crippen LogP contribution in [0, 0.1) is 5.41 Å². The molecule has 70 valence electrons. The van der Waals surface area contributed by atoms with Crippen molar-refractivity contribution in [2.24, 2.45) is 5.41 Å². The molecule has 0 saturated heterocycles. The van der Waals surface area contributed by atoms with Gasteiger partial charge >= 0.3 is 7.12 Å². The summed E-state index contributed by atoms with van der Waals surface area (Å²) in [6.07, 6.45) is -0.0455. The van der Waals surface area contributed by atoms with Crippen molar-refractivity contribution in [2.45, 2.75) is 20.8 Å². The van der Waals surface area contributed by atoms with Gasteiger partial charge in [0.1, 0.15) is 0 Å². The van der Waals surface area contributed by atoms with Gasteiger partial charge in [-0.05, 0) is 0 Å². The molecule has 1 amide bonds. The van der Waals surface area contributed by atoms with Crippen molar-refractivity contribution in [2.75, 3.05) is 13.5 Å². The summed E-state index contributed by atoms with van der Waals surface area (Å²) in [7, 11) is 0.0915. The molecule has 0 atom stereocenters. The third-order valence-electron chi connectivity index (χ3n) is 1.43. The van der Waals surface area contributed by atoms with Gasteiger partial charge in [0, 0.05) is 12.5 Å². The van der Waals surface area contributed by atoms with Gasteiger partial charge < -0.3 is 14.9 Å². The van der Waals surface area contributed by atoms with Crippen LogP contribution in [0.15, 0.2) is 0 Å². The lowest BCUT2D eigenvalue weighted by atomic mass is 9.88. The largest absolute Gasteiger partial charge is 0.472 e. The minimum absolute atomic E-state index is 0.0455. The lowest BCUT2D eigenvalue weighted by Gasteiger charge is -2.25. The summed E-state index contributed by atoms with van der Waals surface area (Å²) in [5.41, 5.74) is -0.469. The lowest BCUT2D eigenvalue weighted by Crippen LogP contribution is -2.42. The molecule has 2 N–H and O–H groups in total. The Kier molecular flexibility index (Phi) is 3.74. The molecular formula is C7H16BNO3. The van der Waals surface area contributed by atoms with E-state index in [1.165, 1.54) is 4.90 Å². The Hall–Kier alpha value is -0.545. The highest BCUT2D eigenvalue weighted by Crippen LogP contribution is 2.15. The molecule has 0 unspecified atom stereocenters. The predicted molar refractivity (Wildman–Crippen MR) is 47.3 cm³/mol. The first-order chi connectivity index (χ1) is 5.25. The second kappa shape index (κ2) is 3.91. The van der Waals surface area contributed by atoms with E-state index in [1.807, 2.05) is 0 Å². The highest BCUT2D eigenvalue weighted by molar-refractivity contribution is 6.41. The van der Waals surface area contributed by atoms with E-state index >= 15 is 0 Å². The van der Waals surface area contributed by atoms with Crippen LogP contribution in [0.3, 0.4) is 0 Å². The number of amides is 1. The standard InChI is InChI=1S/C7H16BNO3/c1-7(2,3)6(10)9(4)5-8(11)12/h11-12H,5H2,1-4H3. The van der Waals surface area contributed by atoms with Crippen LogP contribution in [0.1, 0.15) is 20.8 Å². The molecule has 0 aromatic carbocycles. The summed E-state index contributed by atoms with van der Waals surface area (Å²) in [5, 5.41) is 17.2. The minimum Gasteiger partial charge on any atom is -0.426 e. The Morgan fingerprint density at radius 1 is 1.42 bits per heavy atom. The van der Waals surface area contributed by atoms with E-state index in [1.54, 1.807) is 27.8 Å². The topological polar surface area (TPSA) is 60.8 Å². The van der Waals surface area contributed by atoms with Gasteiger partial charge in [0.25, 0.3) is 0 Å². The van der Waals surface area contributed by atoms with Crippen molar-refractivity contribution in [3.05, 3.63) is 0 Å². The molecule has 0 aliphatic rings. The van der Waals surface area contributed by atoms with Gasteiger partial charge in [-0.15, -0.1) is 0 Å². The first-order valence-corrected chi connectivity index (χ1v) is 3.87. The normalized spacial score (nSPS) is 11.2. The van der Waals surface area contributed by atoms with Gasteiger partial charge in [0.2, 0.25) is 5.91 Å². The first kappa shape index (κ1) is 11.5. The SMILES string of the molecule is CN(CB(O)O)C(=O)C(C)(C)C. The maximum Gasteiger partial charge on any atom is 0.472 e. The smallest absolute Gasteiger partial charge is 0.426 e. The van der Waals surface area contributed by atoms with Crippen molar-refractivity contribution in [3.8, 4) is 0 Å². The van der Waals surface area contributed by atoms with E-state index in [0.717, 1.165) is 0 Å². The molecule has 0 heterocycles. The minimum atomic E-state index is -1.46. The summed E-state index contributed by atoms with van der Waals surface area (Å²) < 4.78 is 0. The molecule has 0 spiro atoms. The van der Waals surface area contributed by atoms with Gasteiger partial charge in [-0.3, -0.25) is 4.79 Å². The van der Waals surface area contributed by atoms with Gasteiger partial charge in [-0.25, -0.2) is 0 Å². The molecule has 0 bridgehead atoms. The Bertz CT molecular complexity index is 165. The molecule has 0 aromatic heterocycles. The Balaban J connectivity index is 4.12. The zero-order chi connectivity index (χ0) is 9.94. The van der Waals surface area contributed by atoms with Crippen LogP contribution in [0.25, 0.3) is 0 Å². The maximum atomic E-state index is 11.4. The van der Waals surface area contributed by atoms with E-state index in [0.29, 0.717) is 0 Å². The fourth-order valence-corrected chi connectivity index (χ4v) is 0.900. The van der Waals surface area contributed by atoms with Crippen LogP contribution < -0.4 is 0 Å². The Morgan fingerprint density at radius 3 is 2.08 bits per heavy atom. The molecule has 4 nitrogen and oxygen atoms in total. The molecule has 0 aliphatic carbocycles. The third-order valence-corrected chi connectivity index (χ3v) is 1.43. The van der Waals surface area contributed by atoms with Crippen LogP contribution in [0.4, 0.5) is 0 Å². The first-order valence-electron chi connectivity index (χ1n) is 3.87. The van der Waals surface area contributed by atoms with Crippen molar-refractivity contribution in [3.63, 3.8) is 0 Å². The number of carbonyl (C=O) groups excluding carboxylic acids is 1. The maximum absolute atomic E-state index is 11.4. The van der Waals surface area contributed by atoms with Crippen molar-refractivity contribution >= 4 is 13.0 Å². The van der Waals surface area contributed by atoms with Crippen LogP contribution in [0.2, 0.25) is 0 Å². The van der Waals surface area contributed by atoms with Crippen LogP contribution in [0.5, 0.6) is 0 Å². The van der Waals surface area contributed by atoms with Gasteiger partial charge in [0.05, 0.1) is 6.44 Å². The van der Waals surface area contributed by atoms with Crippen LogP contribution in [-0.2, 0) is 4.79 Å². The molecule has 12 heavy (non-hydrogen) atoms. The molecule has 0 aromatic rings. The van der Waals surface area contributed by atoms with Gasteiger partial charge in [-0.2, -0.15) is 0 Å². The molecule has 0 aliphatic heterocycles. The Labute approximate surface area is 73.3 Å². The van der Waals surface area contributed by atoms with Crippen molar-refractivity contribution in [1.29, 1.82) is 0 Å². The number of hydrogen-bond donors (Lipinski definition) is 2. The highest BCUT2D eigenvalue weighted by Gasteiger charge is 2.26. The van der Waals surface area contributed by atoms with E-state index in [2.05, 4.69) is 0 Å². The molecular weight excluding hydrogens is 157 g/mol. The second-order valence-electron chi connectivity index (χ2n) is 3.92. The van der Waals surface area contributed by atoms with Gasteiger partial charge in [0.15, 0.2) is 0 Å². The third kappa shape index (κ3) is 3.73. The monoisotopic (exact) mass is 173 g/mol. The lowest BCUT2D eigenvalue weighted by molar-refractivity contribution is -0.137. The number of rotatable bonds is 2. The quantitative estimate of drug-likeness (QED) is 0.553. The van der Waals surface area contributed by atoms with Crippen LogP contribution in [-0.4, -0.2) is 41.5 Å². The molecule has 0 rings (SSSR count). The van der Waals surface area contributed by atoms with Gasteiger partial charge in [-0.1, -0.05) is 20.8 Å². The predicted octanol–water partition coefficient (Wildman–Crippen LogP) is -0.497. The summed E-state index contributed by atoms with van der Waals surface area (Å²) in [6.45, 7) is 5.36. The second-order valence-corrected chi connectivity index (χ2v) is 3.92. The van der Waals surface area contributed by atoms with E-state index in [9.17, 15) is 4.79 Å². The van der Waals surface area contributed by atoms with Crippen molar-refractivity contribution < 1.29 is 14.8 Å². The number of carbonyl (C=O) groups is 1. The zero-order valence-electron chi connectivity index (χ0n) is 8.03.